The molecule has 29 heavy (non-hydrogen) atoms. The first-order valence-electron chi connectivity index (χ1n) is 9.58. The molecule has 0 amide bonds. The number of hydrogen-bond donors (Lipinski definition) is 0. The molecule has 3 rings (SSSR count). The van der Waals surface area contributed by atoms with Crippen LogP contribution < -0.4 is 4.84 Å². The van der Waals surface area contributed by atoms with Gasteiger partial charge in [-0.15, -0.1) is 0 Å². The van der Waals surface area contributed by atoms with Crippen molar-refractivity contribution in [3.05, 3.63) is 64.7 Å². The average Bonchev–Trinajstić information content (AvgIpc) is 2.74. The van der Waals surface area contributed by atoms with Crippen LogP contribution in [0.25, 0.3) is 0 Å². The fourth-order valence-corrected chi connectivity index (χ4v) is 3.07. The molecule has 0 atom stereocenters. The zero-order valence-electron chi connectivity index (χ0n) is 17.5. The third kappa shape index (κ3) is 4.83. The Labute approximate surface area is 171 Å². The van der Waals surface area contributed by atoms with Crippen LogP contribution in [0.4, 0.5) is 0 Å². The summed E-state index contributed by atoms with van der Waals surface area (Å²) in [6.07, 6.45) is 0. The lowest BCUT2D eigenvalue weighted by molar-refractivity contribution is -0.264. The quantitative estimate of drug-likeness (QED) is 0.431. The maximum absolute atomic E-state index is 11.8. The molecule has 1 aliphatic rings. The van der Waals surface area contributed by atoms with E-state index in [1.807, 2.05) is 37.3 Å². The van der Waals surface area contributed by atoms with Crippen molar-refractivity contribution in [3.63, 3.8) is 0 Å². The topological polar surface area (TPSA) is 66.4 Å². The molecule has 1 fully saturated rings. The SMILES string of the molecule is COC(=O)C1(C)OCC(c2cccc(ON=C(C)c3ccc(C)c(C)c3)c2)CO1. The molecule has 6 heteroatoms. The Bertz CT molecular complexity index is 913. The molecule has 1 aliphatic heterocycles. The van der Waals surface area contributed by atoms with E-state index in [4.69, 9.17) is 19.0 Å². The third-order valence-corrected chi connectivity index (χ3v) is 5.22. The number of nitrogens with zero attached hydrogens (tertiary/aromatic N) is 1. The van der Waals surface area contributed by atoms with Crippen LogP contribution in [-0.2, 0) is 19.0 Å². The second-order valence-electron chi connectivity index (χ2n) is 7.40. The van der Waals surface area contributed by atoms with E-state index in [0.717, 1.165) is 16.8 Å². The molecule has 154 valence electrons. The summed E-state index contributed by atoms with van der Waals surface area (Å²) in [7, 11) is 1.31. The zero-order chi connectivity index (χ0) is 21.0. The van der Waals surface area contributed by atoms with Gasteiger partial charge in [0, 0.05) is 12.8 Å². The Hall–Kier alpha value is -2.70. The highest BCUT2D eigenvalue weighted by Gasteiger charge is 2.41. The van der Waals surface area contributed by atoms with Gasteiger partial charge in [-0.1, -0.05) is 29.4 Å². The van der Waals surface area contributed by atoms with Gasteiger partial charge in [0.15, 0.2) is 5.75 Å². The summed E-state index contributed by atoms with van der Waals surface area (Å²) in [4.78, 5) is 17.4. The smallest absolute Gasteiger partial charge is 0.366 e. The predicted molar refractivity (Wildman–Crippen MR) is 110 cm³/mol. The number of aryl methyl sites for hydroxylation is 2. The molecule has 0 radical (unpaired) electrons. The molecule has 0 bridgehead atoms. The van der Waals surface area contributed by atoms with Gasteiger partial charge in [-0.25, -0.2) is 4.79 Å². The van der Waals surface area contributed by atoms with Gasteiger partial charge in [-0.2, -0.15) is 0 Å². The number of methoxy groups -OCH3 is 1. The summed E-state index contributed by atoms with van der Waals surface area (Å²) < 4.78 is 16.0. The molecule has 1 saturated heterocycles. The Balaban J connectivity index is 1.67. The molecule has 0 aliphatic carbocycles. The first-order chi connectivity index (χ1) is 13.8. The number of benzene rings is 2. The highest BCUT2D eigenvalue weighted by molar-refractivity contribution is 5.98. The normalized spacial score (nSPS) is 22.2. The van der Waals surface area contributed by atoms with E-state index in [0.29, 0.717) is 19.0 Å². The summed E-state index contributed by atoms with van der Waals surface area (Å²) in [6, 6.07) is 13.9. The van der Waals surface area contributed by atoms with Crippen molar-refractivity contribution in [2.75, 3.05) is 20.3 Å². The maximum Gasteiger partial charge on any atom is 0.366 e. The van der Waals surface area contributed by atoms with E-state index in [2.05, 4.69) is 31.1 Å². The van der Waals surface area contributed by atoms with Crippen LogP contribution in [-0.4, -0.2) is 37.8 Å². The van der Waals surface area contributed by atoms with Crippen molar-refractivity contribution in [3.8, 4) is 5.75 Å². The van der Waals surface area contributed by atoms with Gasteiger partial charge in [0.2, 0.25) is 0 Å². The van der Waals surface area contributed by atoms with Crippen molar-refractivity contribution < 1.29 is 23.8 Å². The number of oxime groups is 1. The van der Waals surface area contributed by atoms with E-state index < -0.39 is 11.8 Å². The molecule has 6 nitrogen and oxygen atoms in total. The fraction of sp³-hybridized carbons (Fsp3) is 0.391. The minimum atomic E-state index is -1.35. The van der Waals surface area contributed by atoms with Crippen molar-refractivity contribution >= 4 is 11.7 Å². The Kier molecular flexibility index (Phi) is 6.35. The van der Waals surface area contributed by atoms with Gasteiger partial charge >= 0.3 is 5.97 Å². The molecule has 1 heterocycles. The highest BCUT2D eigenvalue weighted by atomic mass is 16.7. The summed E-state index contributed by atoms with van der Waals surface area (Å²) in [5.74, 6) is -1.27. The van der Waals surface area contributed by atoms with Gasteiger partial charge in [0.05, 0.1) is 26.0 Å². The molecule has 0 saturated carbocycles. The fourth-order valence-electron chi connectivity index (χ4n) is 3.07. The largest absolute Gasteiger partial charge is 0.465 e. The highest BCUT2D eigenvalue weighted by Crippen LogP contribution is 2.30. The van der Waals surface area contributed by atoms with Crippen LogP contribution in [0.2, 0.25) is 0 Å². The molecular weight excluding hydrogens is 370 g/mol. The lowest BCUT2D eigenvalue weighted by Crippen LogP contribution is -2.47. The van der Waals surface area contributed by atoms with Crippen molar-refractivity contribution in [2.45, 2.75) is 39.4 Å². The number of carbonyl (C=O) groups excluding carboxylic acids is 1. The molecule has 0 unspecified atom stereocenters. The minimum Gasteiger partial charge on any atom is -0.465 e. The van der Waals surface area contributed by atoms with E-state index in [9.17, 15) is 4.79 Å². The van der Waals surface area contributed by atoms with E-state index in [-0.39, 0.29) is 5.92 Å². The van der Waals surface area contributed by atoms with Crippen molar-refractivity contribution in [2.24, 2.45) is 5.16 Å². The van der Waals surface area contributed by atoms with Crippen molar-refractivity contribution in [1.82, 2.24) is 0 Å². The summed E-state index contributed by atoms with van der Waals surface area (Å²) in [5, 5.41) is 4.27. The number of esters is 1. The van der Waals surface area contributed by atoms with Gasteiger partial charge in [0.1, 0.15) is 0 Å². The lowest BCUT2D eigenvalue weighted by atomic mass is 9.99. The van der Waals surface area contributed by atoms with Gasteiger partial charge in [-0.3, -0.25) is 0 Å². The summed E-state index contributed by atoms with van der Waals surface area (Å²) in [6.45, 7) is 8.35. The average molecular weight is 397 g/mol. The first kappa shape index (κ1) is 21.0. The molecule has 0 aromatic heterocycles. The first-order valence-corrected chi connectivity index (χ1v) is 9.58. The van der Waals surface area contributed by atoms with Crippen LogP contribution in [0.1, 0.15) is 42.0 Å². The predicted octanol–water partition coefficient (Wildman–Crippen LogP) is 4.13. The number of rotatable bonds is 5. The van der Waals surface area contributed by atoms with Gasteiger partial charge in [-0.05, 0) is 61.2 Å². The maximum atomic E-state index is 11.8. The van der Waals surface area contributed by atoms with Crippen LogP contribution in [0.15, 0.2) is 47.6 Å². The number of carbonyl (C=O) groups is 1. The third-order valence-electron chi connectivity index (χ3n) is 5.22. The van der Waals surface area contributed by atoms with Crippen LogP contribution in [0, 0.1) is 13.8 Å². The molecule has 2 aromatic carbocycles. The second-order valence-corrected chi connectivity index (χ2v) is 7.40. The Morgan fingerprint density at radius 2 is 1.83 bits per heavy atom. The summed E-state index contributed by atoms with van der Waals surface area (Å²) in [5.41, 5.74) is 5.29. The molecular formula is C23H27NO5. The molecule has 2 aromatic rings. The second kappa shape index (κ2) is 8.76. The minimum absolute atomic E-state index is 0.0129. The van der Waals surface area contributed by atoms with Crippen molar-refractivity contribution in [1.29, 1.82) is 0 Å². The standard InChI is InChI=1S/C23H27NO5/c1-15-9-10-18(11-16(15)2)17(3)24-29-21-8-6-7-19(12-21)20-13-27-23(4,28-14-20)22(25)26-5/h6-12,20H,13-14H2,1-5H3. The Morgan fingerprint density at radius 1 is 1.10 bits per heavy atom. The zero-order valence-corrected chi connectivity index (χ0v) is 17.5. The number of hydrogen-bond acceptors (Lipinski definition) is 6. The lowest BCUT2D eigenvalue weighted by Gasteiger charge is -2.35. The van der Waals surface area contributed by atoms with E-state index in [1.165, 1.54) is 18.2 Å². The van der Waals surface area contributed by atoms with Gasteiger partial charge in [0.25, 0.3) is 5.79 Å². The molecule has 0 spiro atoms. The van der Waals surface area contributed by atoms with E-state index in [1.54, 1.807) is 6.92 Å². The van der Waals surface area contributed by atoms with Gasteiger partial charge < -0.3 is 19.0 Å². The monoisotopic (exact) mass is 397 g/mol. The van der Waals surface area contributed by atoms with E-state index >= 15 is 0 Å². The van der Waals surface area contributed by atoms with Crippen LogP contribution in [0.5, 0.6) is 5.75 Å². The number of ether oxygens (including phenoxy) is 3. The van der Waals surface area contributed by atoms with Crippen LogP contribution in [0.3, 0.4) is 0 Å². The van der Waals surface area contributed by atoms with Crippen LogP contribution >= 0.6 is 0 Å². The summed E-state index contributed by atoms with van der Waals surface area (Å²) >= 11 is 0. The molecule has 0 N–H and O–H groups in total. The Morgan fingerprint density at radius 3 is 2.48 bits per heavy atom.